The molecule has 6 nitrogen and oxygen atoms in total. The number of rotatable bonds is 6. The number of carbonyl (C=O) groups is 1. The van der Waals surface area contributed by atoms with E-state index < -0.39 is 0 Å². The van der Waals surface area contributed by atoms with Crippen LogP contribution in [0.2, 0.25) is 0 Å². The van der Waals surface area contributed by atoms with Gasteiger partial charge in [0.2, 0.25) is 0 Å². The summed E-state index contributed by atoms with van der Waals surface area (Å²) in [6, 6.07) is 5.76. The van der Waals surface area contributed by atoms with Gasteiger partial charge >= 0.3 is 0 Å². The lowest BCUT2D eigenvalue weighted by atomic mass is 10.0. The van der Waals surface area contributed by atoms with E-state index >= 15 is 0 Å². The molecule has 0 radical (unpaired) electrons. The minimum atomic E-state index is -0.0487. The van der Waals surface area contributed by atoms with Gasteiger partial charge in [0.15, 0.2) is 5.65 Å². The van der Waals surface area contributed by atoms with Gasteiger partial charge in [0, 0.05) is 31.7 Å². The van der Waals surface area contributed by atoms with Crippen LogP contribution in [0, 0.1) is 6.92 Å². The number of unbranched alkanes of at least 4 members (excludes halogenated alkanes) is 1. The van der Waals surface area contributed by atoms with E-state index in [1.807, 2.05) is 38.4 Å². The summed E-state index contributed by atoms with van der Waals surface area (Å²) in [7, 11) is 1.85. The Bertz CT molecular complexity index is 859. The van der Waals surface area contributed by atoms with Gasteiger partial charge in [-0.2, -0.15) is 5.10 Å². The van der Waals surface area contributed by atoms with E-state index in [1.165, 1.54) is 0 Å². The van der Waals surface area contributed by atoms with Gasteiger partial charge in [-0.15, -0.1) is 0 Å². The van der Waals surface area contributed by atoms with Crippen LogP contribution in [0.15, 0.2) is 43.0 Å². The quantitative estimate of drug-likeness (QED) is 0.691. The minimum Gasteiger partial charge on any atom is -0.335 e. The van der Waals surface area contributed by atoms with Crippen LogP contribution in [0.5, 0.6) is 0 Å². The first-order valence-electron chi connectivity index (χ1n) is 8.60. The van der Waals surface area contributed by atoms with Crippen LogP contribution < -0.4 is 0 Å². The summed E-state index contributed by atoms with van der Waals surface area (Å²) in [5, 5.41) is 4.25. The number of aryl methyl sites for hydroxylation is 1. The minimum absolute atomic E-state index is 0.00568. The highest BCUT2D eigenvalue weighted by Gasteiger charge is 2.24. The molecule has 0 aliphatic carbocycles. The second kappa shape index (κ2) is 7.42. The molecule has 0 N–H and O–H groups in total. The monoisotopic (exact) mass is 337 g/mol. The highest BCUT2D eigenvalue weighted by molar-refractivity contribution is 5.95. The van der Waals surface area contributed by atoms with Gasteiger partial charge in [-0.25, -0.2) is 9.50 Å². The van der Waals surface area contributed by atoms with Crippen molar-refractivity contribution in [3.05, 3.63) is 59.8 Å². The van der Waals surface area contributed by atoms with E-state index in [1.54, 1.807) is 28.0 Å². The Labute approximate surface area is 147 Å². The number of pyridine rings is 1. The maximum absolute atomic E-state index is 13.1. The average molecular weight is 337 g/mol. The second-order valence-corrected chi connectivity index (χ2v) is 6.22. The predicted molar refractivity (Wildman–Crippen MR) is 96.3 cm³/mol. The lowest BCUT2D eigenvalue weighted by molar-refractivity contribution is 0.0718. The summed E-state index contributed by atoms with van der Waals surface area (Å²) >= 11 is 0. The van der Waals surface area contributed by atoms with Crippen molar-refractivity contribution >= 4 is 11.6 Å². The lowest BCUT2D eigenvalue weighted by Gasteiger charge is -2.29. The number of nitrogens with zero attached hydrogens (tertiary/aromatic N) is 5. The van der Waals surface area contributed by atoms with Gasteiger partial charge in [-0.3, -0.25) is 9.78 Å². The van der Waals surface area contributed by atoms with E-state index in [4.69, 9.17) is 0 Å². The molecule has 6 heteroatoms. The summed E-state index contributed by atoms with van der Waals surface area (Å²) in [6.07, 6.45) is 9.96. The number of aromatic nitrogens is 4. The van der Waals surface area contributed by atoms with E-state index in [-0.39, 0.29) is 11.9 Å². The number of amides is 1. The molecule has 0 aliphatic heterocycles. The lowest BCUT2D eigenvalue weighted by Crippen LogP contribution is -2.32. The Balaban J connectivity index is 1.93. The number of hydrogen-bond acceptors (Lipinski definition) is 4. The van der Waals surface area contributed by atoms with Crippen molar-refractivity contribution in [1.82, 2.24) is 24.5 Å². The summed E-state index contributed by atoms with van der Waals surface area (Å²) in [5.41, 5.74) is 3.17. The normalized spacial score (nSPS) is 12.3. The van der Waals surface area contributed by atoms with Gasteiger partial charge < -0.3 is 4.90 Å². The molecule has 0 aromatic carbocycles. The van der Waals surface area contributed by atoms with E-state index in [0.29, 0.717) is 5.56 Å². The molecule has 0 spiro atoms. The zero-order chi connectivity index (χ0) is 17.8. The molecule has 0 aliphatic rings. The fourth-order valence-corrected chi connectivity index (χ4v) is 3.09. The molecule has 1 unspecified atom stereocenters. The molecule has 0 bridgehead atoms. The standard InChI is InChI=1S/C19H23N5O/c1-4-5-8-17(15-7-6-10-20-12-15)23(3)19(25)16-13-21-18-9-11-22-24(18)14(16)2/h6-7,9-13,17H,4-5,8H2,1-3H3. The largest absolute Gasteiger partial charge is 0.335 e. The first-order chi connectivity index (χ1) is 12.1. The fraction of sp³-hybridized carbons (Fsp3) is 0.368. The van der Waals surface area contributed by atoms with Crippen LogP contribution in [0.1, 0.15) is 53.8 Å². The summed E-state index contributed by atoms with van der Waals surface area (Å²) in [5.74, 6) is -0.0487. The molecular formula is C19H23N5O. The van der Waals surface area contributed by atoms with Gasteiger partial charge in [-0.05, 0) is 25.0 Å². The smallest absolute Gasteiger partial charge is 0.257 e. The highest BCUT2D eigenvalue weighted by atomic mass is 16.2. The van der Waals surface area contributed by atoms with Crippen molar-refractivity contribution in [2.24, 2.45) is 0 Å². The molecule has 130 valence electrons. The van der Waals surface area contributed by atoms with Crippen molar-refractivity contribution in [3.8, 4) is 0 Å². The third kappa shape index (κ3) is 3.38. The van der Waals surface area contributed by atoms with Crippen LogP contribution in [0.4, 0.5) is 0 Å². The molecule has 3 heterocycles. The number of hydrogen-bond donors (Lipinski definition) is 0. The molecule has 1 amide bonds. The van der Waals surface area contributed by atoms with Gasteiger partial charge in [0.1, 0.15) is 0 Å². The van der Waals surface area contributed by atoms with Crippen molar-refractivity contribution in [1.29, 1.82) is 0 Å². The van der Waals surface area contributed by atoms with E-state index in [9.17, 15) is 4.79 Å². The average Bonchev–Trinajstić information content (AvgIpc) is 3.12. The molecular weight excluding hydrogens is 314 g/mol. The highest BCUT2D eigenvalue weighted by Crippen LogP contribution is 2.26. The maximum Gasteiger partial charge on any atom is 0.257 e. The van der Waals surface area contributed by atoms with Gasteiger partial charge in [0.25, 0.3) is 5.91 Å². The van der Waals surface area contributed by atoms with Crippen LogP contribution >= 0.6 is 0 Å². The van der Waals surface area contributed by atoms with E-state index in [0.717, 1.165) is 36.2 Å². The number of fused-ring (bicyclic) bond motifs is 1. The predicted octanol–water partition coefficient (Wildman–Crippen LogP) is 3.44. The van der Waals surface area contributed by atoms with Gasteiger partial charge in [-0.1, -0.05) is 25.8 Å². The molecule has 25 heavy (non-hydrogen) atoms. The maximum atomic E-state index is 13.1. The summed E-state index contributed by atoms with van der Waals surface area (Å²) in [6.45, 7) is 4.05. The van der Waals surface area contributed by atoms with Crippen LogP contribution in [0.25, 0.3) is 5.65 Å². The van der Waals surface area contributed by atoms with Crippen LogP contribution in [0.3, 0.4) is 0 Å². The molecule has 0 saturated carbocycles. The summed E-state index contributed by atoms with van der Waals surface area (Å²) in [4.78, 5) is 23.5. The first-order valence-corrected chi connectivity index (χ1v) is 8.60. The zero-order valence-corrected chi connectivity index (χ0v) is 14.9. The van der Waals surface area contributed by atoms with Crippen molar-refractivity contribution in [3.63, 3.8) is 0 Å². The topological polar surface area (TPSA) is 63.4 Å². The zero-order valence-electron chi connectivity index (χ0n) is 14.9. The first kappa shape index (κ1) is 17.1. The Morgan fingerprint density at radius 1 is 1.28 bits per heavy atom. The van der Waals surface area contributed by atoms with Crippen molar-refractivity contribution in [2.45, 2.75) is 39.2 Å². The van der Waals surface area contributed by atoms with E-state index in [2.05, 4.69) is 22.0 Å². The molecule has 0 fully saturated rings. The molecule has 3 aromatic heterocycles. The Kier molecular flexibility index (Phi) is 5.07. The molecule has 3 rings (SSSR count). The SMILES string of the molecule is CCCCC(c1cccnc1)N(C)C(=O)c1cnc2ccnn2c1C. The second-order valence-electron chi connectivity index (χ2n) is 6.22. The van der Waals surface area contributed by atoms with Crippen molar-refractivity contribution < 1.29 is 4.79 Å². The fourth-order valence-electron chi connectivity index (χ4n) is 3.09. The third-order valence-corrected chi connectivity index (χ3v) is 4.57. The molecule has 0 saturated heterocycles. The van der Waals surface area contributed by atoms with Gasteiger partial charge in [0.05, 0.1) is 23.5 Å². The third-order valence-electron chi connectivity index (χ3n) is 4.57. The summed E-state index contributed by atoms with van der Waals surface area (Å²) < 4.78 is 1.70. The Hall–Kier alpha value is -2.76. The Morgan fingerprint density at radius 3 is 2.84 bits per heavy atom. The number of carbonyl (C=O) groups excluding carboxylic acids is 1. The van der Waals surface area contributed by atoms with Crippen molar-refractivity contribution in [2.75, 3.05) is 7.05 Å². The van der Waals surface area contributed by atoms with Crippen LogP contribution in [-0.2, 0) is 0 Å². The molecule has 1 atom stereocenters. The molecule has 3 aromatic rings. The van der Waals surface area contributed by atoms with Crippen LogP contribution in [-0.4, -0.2) is 37.4 Å². The Morgan fingerprint density at radius 2 is 2.12 bits per heavy atom.